The van der Waals surface area contributed by atoms with Gasteiger partial charge in [0.05, 0.1) is 12.2 Å². The molecule has 1 saturated heterocycles. The predicted octanol–water partition coefficient (Wildman–Crippen LogP) is 4.84. The molecule has 0 radical (unpaired) electrons. The minimum atomic E-state index is -0.728. The number of para-hydroxylation sites is 1. The minimum absolute atomic E-state index is 0.154. The normalized spacial score (nSPS) is 22.4. The van der Waals surface area contributed by atoms with Crippen LogP contribution in [0, 0.1) is 11.8 Å². The van der Waals surface area contributed by atoms with Gasteiger partial charge in [-0.3, -0.25) is 9.59 Å². The van der Waals surface area contributed by atoms with Gasteiger partial charge in [0, 0.05) is 42.5 Å². The molecule has 3 aromatic carbocycles. The lowest BCUT2D eigenvalue weighted by Crippen LogP contribution is -2.44. The van der Waals surface area contributed by atoms with Gasteiger partial charge in [0.1, 0.15) is 24.1 Å². The van der Waals surface area contributed by atoms with E-state index >= 15 is 0 Å². The molecule has 3 aromatic rings. The van der Waals surface area contributed by atoms with Gasteiger partial charge < -0.3 is 35.1 Å². The summed E-state index contributed by atoms with van der Waals surface area (Å²) in [7, 11) is 0. The lowest BCUT2D eigenvalue weighted by Gasteiger charge is -2.31. The number of hydrogen-bond acceptors (Lipinski definition) is 8. The molecule has 4 N–H and O–H groups in total. The highest BCUT2D eigenvalue weighted by Gasteiger charge is 2.64. The molecule has 3 atom stereocenters. The van der Waals surface area contributed by atoms with Gasteiger partial charge in [-0.25, -0.2) is 4.79 Å². The SMILES string of the molecule is O=C(NCc1cccc(C(=O)NCCO)c1)C1=CC2OC(C3CC3)(C3CC3)OC2C(OC(=O)c2ccc(C=CCc3ccccc3O)cc2)C1. The van der Waals surface area contributed by atoms with Crippen LogP contribution in [0.4, 0.5) is 0 Å². The summed E-state index contributed by atoms with van der Waals surface area (Å²) < 4.78 is 19.5. The van der Waals surface area contributed by atoms with E-state index in [4.69, 9.17) is 19.3 Å². The molecule has 0 bridgehead atoms. The van der Waals surface area contributed by atoms with E-state index in [9.17, 15) is 19.5 Å². The number of phenolic OH excluding ortho intramolecular Hbond substituents is 1. The monoisotopic (exact) mass is 678 g/mol. The smallest absolute Gasteiger partial charge is 0.338 e. The quantitative estimate of drug-likeness (QED) is 0.188. The standard InChI is InChI=1S/C40H42N2O8/c43-20-19-41-37(45)29-9-4-6-26(21-29)24-42-38(46)30-22-34(36-35(23-30)49-40(50-36,31-15-16-31)32-17-18-32)48-39(47)28-13-11-25(12-14-28)5-3-8-27-7-1-2-10-33(27)44/h1-7,9-14,21,23,31-32,34-36,43-44H,8,15-20,22,24H2,(H,41,45)(H,42,46). The second-order valence-corrected chi connectivity index (χ2v) is 13.5. The molecule has 4 aliphatic rings. The number of hydrogen-bond donors (Lipinski definition) is 4. The fourth-order valence-corrected chi connectivity index (χ4v) is 6.90. The number of amides is 2. The highest BCUT2D eigenvalue weighted by Crippen LogP contribution is 2.59. The van der Waals surface area contributed by atoms with Gasteiger partial charge in [-0.15, -0.1) is 0 Å². The summed E-state index contributed by atoms with van der Waals surface area (Å²) in [4.78, 5) is 39.4. The van der Waals surface area contributed by atoms with Crippen molar-refractivity contribution in [2.24, 2.45) is 11.8 Å². The molecule has 50 heavy (non-hydrogen) atoms. The summed E-state index contributed by atoms with van der Waals surface area (Å²) in [6.07, 6.45) is 8.80. The van der Waals surface area contributed by atoms with Crippen LogP contribution in [0.5, 0.6) is 5.75 Å². The van der Waals surface area contributed by atoms with Crippen LogP contribution in [-0.2, 0) is 32.0 Å². The summed E-state index contributed by atoms with van der Waals surface area (Å²) in [6, 6.07) is 21.3. The Bertz CT molecular complexity index is 1780. The zero-order valence-corrected chi connectivity index (χ0v) is 27.8. The van der Waals surface area contributed by atoms with E-state index in [1.54, 1.807) is 42.5 Å². The maximum atomic E-state index is 13.6. The van der Waals surface area contributed by atoms with Crippen molar-refractivity contribution in [3.05, 3.63) is 118 Å². The Hall–Kier alpha value is -4.77. The van der Waals surface area contributed by atoms with Crippen molar-refractivity contribution < 1.29 is 38.8 Å². The van der Waals surface area contributed by atoms with Gasteiger partial charge in [0.2, 0.25) is 5.91 Å². The van der Waals surface area contributed by atoms with E-state index in [0.29, 0.717) is 35.0 Å². The Kier molecular flexibility index (Phi) is 9.85. The number of carbonyl (C=O) groups excluding carboxylic acids is 3. The van der Waals surface area contributed by atoms with Crippen LogP contribution >= 0.6 is 0 Å². The molecule has 0 spiro atoms. The maximum absolute atomic E-state index is 13.6. The van der Waals surface area contributed by atoms with Crippen LogP contribution in [0.25, 0.3) is 6.08 Å². The molecule has 3 aliphatic carbocycles. The number of esters is 1. The second kappa shape index (κ2) is 14.6. The number of allylic oxidation sites excluding steroid dienone is 1. The molecule has 2 saturated carbocycles. The molecule has 1 heterocycles. The summed E-state index contributed by atoms with van der Waals surface area (Å²) in [5, 5.41) is 24.6. The van der Waals surface area contributed by atoms with Crippen LogP contribution in [0.3, 0.4) is 0 Å². The van der Waals surface area contributed by atoms with Gasteiger partial charge in [-0.1, -0.05) is 54.6 Å². The number of fused-ring (bicyclic) bond motifs is 1. The third kappa shape index (κ3) is 7.52. The van der Waals surface area contributed by atoms with Crippen molar-refractivity contribution in [2.75, 3.05) is 13.2 Å². The molecular weight excluding hydrogens is 636 g/mol. The van der Waals surface area contributed by atoms with E-state index < -0.39 is 30.1 Å². The fraction of sp³-hybridized carbons (Fsp3) is 0.375. The number of aliphatic hydroxyl groups is 1. The molecular formula is C40H42N2O8. The van der Waals surface area contributed by atoms with Crippen molar-refractivity contribution in [1.29, 1.82) is 0 Å². The number of aromatic hydroxyl groups is 1. The highest BCUT2D eigenvalue weighted by molar-refractivity contribution is 5.95. The Morgan fingerprint density at radius 1 is 0.880 bits per heavy atom. The maximum Gasteiger partial charge on any atom is 0.338 e. The third-order valence-corrected chi connectivity index (χ3v) is 9.79. The van der Waals surface area contributed by atoms with Crippen LogP contribution < -0.4 is 10.6 Å². The topological polar surface area (TPSA) is 143 Å². The van der Waals surface area contributed by atoms with Crippen LogP contribution in [0.15, 0.2) is 90.5 Å². The zero-order valence-electron chi connectivity index (χ0n) is 27.8. The van der Waals surface area contributed by atoms with Gasteiger partial charge in [0.15, 0.2) is 5.79 Å². The first-order chi connectivity index (χ1) is 24.3. The van der Waals surface area contributed by atoms with E-state index in [0.717, 1.165) is 42.4 Å². The van der Waals surface area contributed by atoms with E-state index in [1.807, 2.05) is 48.6 Å². The number of carbonyl (C=O) groups is 3. The van der Waals surface area contributed by atoms with E-state index in [-0.39, 0.29) is 43.7 Å². The number of nitrogens with one attached hydrogen (secondary N) is 2. The molecule has 1 aliphatic heterocycles. The molecule has 10 nitrogen and oxygen atoms in total. The molecule has 2 amide bonds. The molecule has 0 aromatic heterocycles. The summed E-state index contributed by atoms with van der Waals surface area (Å²) in [5.74, 6) is -0.961. The number of benzene rings is 3. The first-order valence-electron chi connectivity index (χ1n) is 17.4. The van der Waals surface area contributed by atoms with Crippen molar-refractivity contribution in [2.45, 2.75) is 69.2 Å². The number of phenols is 1. The highest BCUT2D eigenvalue weighted by atomic mass is 16.8. The number of aliphatic hydroxyl groups excluding tert-OH is 1. The van der Waals surface area contributed by atoms with Crippen molar-refractivity contribution in [1.82, 2.24) is 10.6 Å². The molecule has 10 heteroatoms. The van der Waals surface area contributed by atoms with Crippen molar-refractivity contribution >= 4 is 23.9 Å². The van der Waals surface area contributed by atoms with Crippen LogP contribution in [-0.4, -0.2) is 65.2 Å². The number of rotatable bonds is 13. The second-order valence-electron chi connectivity index (χ2n) is 13.5. The average molecular weight is 679 g/mol. The van der Waals surface area contributed by atoms with Crippen molar-refractivity contribution in [3.63, 3.8) is 0 Å². The lowest BCUT2D eigenvalue weighted by molar-refractivity contribution is -0.209. The van der Waals surface area contributed by atoms with Gasteiger partial charge >= 0.3 is 5.97 Å². The first kappa shape index (κ1) is 33.7. The lowest BCUT2D eigenvalue weighted by atomic mass is 9.91. The third-order valence-electron chi connectivity index (χ3n) is 9.79. The minimum Gasteiger partial charge on any atom is -0.508 e. The average Bonchev–Trinajstić information content (AvgIpc) is 4.08. The van der Waals surface area contributed by atoms with E-state index in [2.05, 4.69) is 10.6 Å². The summed E-state index contributed by atoms with van der Waals surface area (Å²) in [5.41, 5.74) is 3.75. The molecule has 260 valence electrons. The first-order valence-corrected chi connectivity index (χ1v) is 17.4. The largest absolute Gasteiger partial charge is 0.508 e. The molecule has 7 rings (SSSR count). The molecule has 3 fully saturated rings. The summed E-state index contributed by atoms with van der Waals surface area (Å²) >= 11 is 0. The fourth-order valence-electron chi connectivity index (χ4n) is 6.90. The van der Waals surface area contributed by atoms with E-state index in [1.165, 1.54) is 0 Å². The van der Waals surface area contributed by atoms with Gasteiger partial charge in [-0.05, 0) is 85.2 Å². The van der Waals surface area contributed by atoms with Gasteiger partial charge in [0.25, 0.3) is 5.91 Å². The van der Waals surface area contributed by atoms with Gasteiger partial charge in [-0.2, -0.15) is 0 Å². The van der Waals surface area contributed by atoms with Crippen LogP contribution in [0.2, 0.25) is 0 Å². The Morgan fingerprint density at radius 2 is 1.64 bits per heavy atom. The Morgan fingerprint density at radius 3 is 2.36 bits per heavy atom. The van der Waals surface area contributed by atoms with Crippen LogP contribution in [0.1, 0.15) is 69.5 Å². The molecule has 3 unspecified atom stereocenters. The Labute approximate surface area is 291 Å². The Balaban J connectivity index is 1.03. The summed E-state index contributed by atoms with van der Waals surface area (Å²) in [6.45, 7) is 0.189. The zero-order chi connectivity index (χ0) is 34.7. The number of ether oxygens (including phenoxy) is 3. The predicted molar refractivity (Wildman–Crippen MR) is 185 cm³/mol. The van der Waals surface area contributed by atoms with Crippen molar-refractivity contribution in [3.8, 4) is 5.75 Å².